The van der Waals surface area contributed by atoms with Crippen molar-refractivity contribution >= 4 is 17.2 Å². The highest BCUT2D eigenvalue weighted by Gasteiger charge is 2.24. The van der Waals surface area contributed by atoms with Gasteiger partial charge in [-0.25, -0.2) is 4.68 Å². The molecule has 9 heteroatoms. The number of hydrogen-bond acceptors (Lipinski definition) is 6. The molecule has 1 atom stereocenters. The molecular formula is C16H18N6O2S. The van der Waals surface area contributed by atoms with Gasteiger partial charge in [0.2, 0.25) is 0 Å². The van der Waals surface area contributed by atoms with Crippen LogP contribution >= 0.6 is 11.3 Å². The molecule has 8 nitrogen and oxygen atoms in total. The van der Waals surface area contributed by atoms with Gasteiger partial charge in [0.1, 0.15) is 5.69 Å². The highest BCUT2D eigenvalue weighted by Crippen LogP contribution is 2.23. The van der Waals surface area contributed by atoms with Crippen LogP contribution in [-0.2, 0) is 24.9 Å². The molecule has 3 aromatic heterocycles. The molecule has 1 N–H and O–H groups in total. The molecule has 0 bridgehead atoms. The lowest BCUT2D eigenvalue weighted by Crippen LogP contribution is -2.32. The van der Waals surface area contributed by atoms with E-state index in [4.69, 9.17) is 4.74 Å². The van der Waals surface area contributed by atoms with Crippen LogP contribution in [0.1, 0.15) is 15.4 Å². The van der Waals surface area contributed by atoms with E-state index in [-0.39, 0.29) is 11.8 Å². The third kappa shape index (κ3) is 3.20. The van der Waals surface area contributed by atoms with Crippen LogP contribution in [0.4, 0.5) is 0 Å². The SMILES string of the molecule is Cn1nccc1-c1nnn2c1COCC(CNC(=O)c1cccs1)C2. The van der Waals surface area contributed by atoms with Crippen LogP contribution in [-0.4, -0.2) is 43.8 Å². The van der Waals surface area contributed by atoms with Gasteiger partial charge >= 0.3 is 0 Å². The highest BCUT2D eigenvalue weighted by molar-refractivity contribution is 7.12. The number of hydrogen-bond donors (Lipinski definition) is 1. The van der Waals surface area contributed by atoms with Gasteiger partial charge in [-0.1, -0.05) is 11.3 Å². The predicted octanol–water partition coefficient (Wildman–Crippen LogP) is 1.32. The van der Waals surface area contributed by atoms with Gasteiger partial charge in [0.05, 0.1) is 29.5 Å². The molecule has 4 rings (SSSR count). The Bertz CT molecular complexity index is 869. The number of ether oxygens (including phenoxy) is 1. The Balaban J connectivity index is 1.46. The first-order valence-electron chi connectivity index (χ1n) is 8.02. The van der Waals surface area contributed by atoms with E-state index in [1.807, 2.05) is 35.3 Å². The van der Waals surface area contributed by atoms with Crippen molar-refractivity contribution in [1.82, 2.24) is 30.1 Å². The Morgan fingerprint density at radius 1 is 1.48 bits per heavy atom. The lowest BCUT2D eigenvalue weighted by Gasteiger charge is -2.14. The first kappa shape index (κ1) is 16.0. The van der Waals surface area contributed by atoms with E-state index in [0.717, 1.165) is 22.0 Å². The van der Waals surface area contributed by atoms with Crippen molar-refractivity contribution in [3.05, 3.63) is 40.3 Å². The van der Waals surface area contributed by atoms with Crippen molar-refractivity contribution < 1.29 is 9.53 Å². The van der Waals surface area contributed by atoms with Gasteiger partial charge in [-0.2, -0.15) is 5.10 Å². The van der Waals surface area contributed by atoms with Crippen molar-refractivity contribution in [3.8, 4) is 11.4 Å². The van der Waals surface area contributed by atoms with Crippen molar-refractivity contribution in [2.24, 2.45) is 13.0 Å². The minimum Gasteiger partial charge on any atom is -0.375 e. The first-order chi connectivity index (χ1) is 12.2. The molecule has 0 saturated heterocycles. The third-order valence-electron chi connectivity index (χ3n) is 4.22. The number of thiophene rings is 1. The standard InChI is InChI=1S/C16H18N6O2S/c1-21-12(4-5-18-21)15-13-10-24-9-11(8-22(13)20-19-15)7-17-16(23)14-3-2-6-25-14/h2-6,11H,7-10H2,1H3,(H,17,23). The molecule has 0 fully saturated rings. The molecule has 3 aromatic rings. The van der Waals surface area contributed by atoms with Crippen LogP contribution in [0, 0.1) is 5.92 Å². The Hall–Kier alpha value is -2.52. The van der Waals surface area contributed by atoms with E-state index in [1.165, 1.54) is 11.3 Å². The monoisotopic (exact) mass is 358 g/mol. The minimum atomic E-state index is -0.0476. The fourth-order valence-electron chi connectivity index (χ4n) is 2.90. The average molecular weight is 358 g/mol. The number of carbonyl (C=O) groups is 1. The first-order valence-corrected chi connectivity index (χ1v) is 8.90. The summed E-state index contributed by atoms with van der Waals surface area (Å²) in [5, 5.41) is 17.6. The molecule has 0 saturated carbocycles. The maximum atomic E-state index is 12.1. The zero-order valence-electron chi connectivity index (χ0n) is 13.8. The van der Waals surface area contributed by atoms with Gasteiger partial charge in [0.25, 0.3) is 5.91 Å². The summed E-state index contributed by atoms with van der Waals surface area (Å²) in [5.41, 5.74) is 2.65. The molecular weight excluding hydrogens is 340 g/mol. The zero-order valence-corrected chi connectivity index (χ0v) is 14.6. The van der Waals surface area contributed by atoms with Gasteiger partial charge in [0.15, 0.2) is 0 Å². The number of nitrogens with zero attached hydrogens (tertiary/aromatic N) is 5. The van der Waals surface area contributed by atoms with Gasteiger partial charge in [-0.05, 0) is 17.5 Å². The Morgan fingerprint density at radius 3 is 3.16 bits per heavy atom. The van der Waals surface area contributed by atoms with Crippen LogP contribution < -0.4 is 5.32 Å². The number of aryl methyl sites for hydroxylation is 1. The predicted molar refractivity (Wildman–Crippen MR) is 92.0 cm³/mol. The summed E-state index contributed by atoms with van der Waals surface area (Å²) in [6.45, 7) is 2.21. The smallest absolute Gasteiger partial charge is 0.261 e. The van der Waals surface area contributed by atoms with Gasteiger partial charge in [-0.15, -0.1) is 16.4 Å². The van der Waals surface area contributed by atoms with E-state index in [2.05, 4.69) is 20.7 Å². The molecule has 0 aliphatic carbocycles. The topological polar surface area (TPSA) is 86.9 Å². The summed E-state index contributed by atoms with van der Waals surface area (Å²) in [6, 6.07) is 5.60. The summed E-state index contributed by atoms with van der Waals surface area (Å²) in [4.78, 5) is 12.8. The molecule has 0 spiro atoms. The Labute approximate surface area is 148 Å². The lowest BCUT2D eigenvalue weighted by molar-refractivity contribution is 0.0854. The van der Waals surface area contributed by atoms with Crippen LogP contribution in [0.25, 0.3) is 11.4 Å². The quantitative estimate of drug-likeness (QED) is 0.760. The molecule has 1 amide bonds. The van der Waals surface area contributed by atoms with Crippen molar-refractivity contribution in [3.63, 3.8) is 0 Å². The molecule has 1 aliphatic heterocycles. The molecule has 0 aromatic carbocycles. The van der Waals surface area contributed by atoms with E-state index >= 15 is 0 Å². The largest absolute Gasteiger partial charge is 0.375 e. The second-order valence-corrected chi connectivity index (χ2v) is 6.92. The number of amides is 1. The second kappa shape index (κ2) is 6.77. The number of fused-ring (bicyclic) bond motifs is 1. The number of rotatable bonds is 4. The maximum absolute atomic E-state index is 12.1. The van der Waals surface area contributed by atoms with E-state index < -0.39 is 0 Å². The summed E-state index contributed by atoms with van der Waals surface area (Å²) < 4.78 is 9.46. The maximum Gasteiger partial charge on any atom is 0.261 e. The number of nitrogens with one attached hydrogen (secondary N) is 1. The van der Waals surface area contributed by atoms with Crippen molar-refractivity contribution in [2.45, 2.75) is 13.2 Å². The fourth-order valence-corrected chi connectivity index (χ4v) is 3.54. The van der Waals surface area contributed by atoms with Crippen LogP contribution in [0.3, 0.4) is 0 Å². The Kier molecular flexibility index (Phi) is 4.33. The van der Waals surface area contributed by atoms with Gasteiger partial charge < -0.3 is 10.1 Å². The summed E-state index contributed by atoms with van der Waals surface area (Å²) in [7, 11) is 1.88. The summed E-state index contributed by atoms with van der Waals surface area (Å²) in [5.74, 6) is 0.0971. The summed E-state index contributed by atoms with van der Waals surface area (Å²) in [6.07, 6.45) is 1.74. The number of carbonyl (C=O) groups excluding carboxylic acids is 1. The van der Waals surface area contributed by atoms with E-state index in [9.17, 15) is 4.79 Å². The molecule has 4 heterocycles. The van der Waals surface area contributed by atoms with Crippen LogP contribution in [0.2, 0.25) is 0 Å². The van der Waals surface area contributed by atoms with Gasteiger partial charge in [0, 0.05) is 32.3 Å². The van der Waals surface area contributed by atoms with Crippen LogP contribution in [0.15, 0.2) is 29.8 Å². The zero-order chi connectivity index (χ0) is 17.2. The molecule has 130 valence electrons. The fraction of sp³-hybridized carbons (Fsp3) is 0.375. The summed E-state index contributed by atoms with van der Waals surface area (Å²) >= 11 is 1.43. The molecule has 1 aliphatic rings. The second-order valence-electron chi connectivity index (χ2n) is 5.98. The molecule has 1 unspecified atom stereocenters. The van der Waals surface area contributed by atoms with E-state index in [0.29, 0.717) is 26.3 Å². The molecule has 25 heavy (non-hydrogen) atoms. The highest BCUT2D eigenvalue weighted by atomic mass is 32.1. The van der Waals surface area contributed by atoms with Crippen molar-refractivity contribution in [2.75, 3.05) is 13.2 Å². The number of aromatic nitrogens is 5. The van der Waals surface area contributed by atoms with E-state index in [1.54, 1.807) is 10.9 Å². The lowest BCUT2D eigenvalue weighted by atomic mass is 10.1. The molecule has 0 radical (unpaired) electrons. The average Bonchev–Trinajstić information content (AvgIpc) is 3.32. The third-order valence-corrected chi connectivity index (χ3v) is 5.09. The van der Waals surface area contributed by atoms with Gasteiger partial charge in [-0.3, -0.25) is 9.48 Å². The van der Waals surface area contributed by atoms with Crippen molar-refractivity contribution in [1.29, 1.82) is 0 Å². The normalized spacial score (nSPS) is 17.1. The Morgan fingerprint density at radius 2 is 2.40 bits per heavy atom. The van der Waals surface area contributed by atoms with Crippen LogP contribution in [0.5, 0.6) is 0 Å². The minimum absolute atomic E-state index is 0.0476.